The first kappa shape index (κ1) is 20.9. The molecule has 0 aliphatic rings. The van der Waals surface area contributed by atoms with Gasteiger partial charge in [0.05, 0.1) is 51.2 Å². The zero-order valence-electron chi connectivity index (χ0n) is 14.1. The predicted octanol–water partition coefficient (Wildman–Crippen LogP) is 1.71. The number of anilines is 1. The summed E-state index contributed by atoms with van der Waals surface area (Å²) >= 11 is 0. The van der Waals surface area contributed by atoms with Crippen molar-refractivity contribution >= 4 is 11.4 Å². The Morgan fingerprint density at radius 1 is 0.920 bits per heavy atom. The van der Waals surface area contributed by atoms with E-state index >= 15 is 0 Å². The molecule has 1 rings (SSSR count). The van der Waals surface area contributed by atoms with Gasteiger partial charge in [-0.2, -0.15) is 0 Å². The van der Waals surface area contributed by atoms with Crippen LogP contribution in [0.15, 0.2) is 24.3 Å². The van der Waals surface area contributed by atoms with Crippen LogP contribution in [0.4, 0.5) is 11.4 Å². The first-order valence-electron chi connectivity index (χ1n) is 7.97. The first-order chi connectivity index (χ1) is 12.2. The lowest BCUT2D eigenvalue weighted by molar-refractivity contribution is -0.384. The monoisotopic (exact) mass is 352 g/mol. The molecule has 1 aromatic carbocycles. The Balaban J connectivity index is 1.86. The maximum atomic E-state index is 10.5. The van der Waals surface area contributed by atoms with Gasteiger partial charge in [0.1, 0.15) is 6.61 Å². The summed E-state index contributed by atoms with van der Waals surface area (Å²) in [6.07, 6.45) is 5.04. The fraction of sp³-hybridized carbons (Fsp3) is 0.529. The molecule has 0 saturated heterocycles. The van der Waals surface area contributed by atoms with E-state index in [-0.39, 0.29) is 5.69 Å². The second-order valence-corrected chi connectivity index (χ2v) is 4.82. The number of benzene rings is 1. The summed E-state index contributed by atoms with van der Waals surface area (Å²) in [5.74, 6) is 2.38. The van der Waals surface area contributed by atoms with Crippen molar-refractivity contribution in [2.45, 2.75) is 0 Å². The van der Waals surface area contributed by atoms with Gasteiger partial charge in [-0.3, -0.25) is 10.1 Å². The Kier molecular flexibility index (Phi) is 11.8. The third-order valence-corrected chi connectivity index (χ3v) is 2.96. The average molecular weight is 352 g/mol. The highest BCUT2D eigenvalue weighted by Crippen LogP contribution is 2.14. The first-order valence-corrected chi connectivity index (χ1v) is 7.97. The summed E-state index contributed by atoms with van der Waals surface area (Å²) in [5.41, 5.74) is 0.886. The Labute approximate surface area is 147 Å². The summed E-state index contributed by atoms with van der Waals surface area (Å²) in [7, 11) is 0. The van der Waals surface area contributed by atoms with Gasteiger partial charge in [0, 0.05) is 24.4 Å². The number of nitrogens with one attached hydrogen (secondary N) is 1. The van der Waals surface area contributed by atoms with E-state index in [4.69, 9.17) is 25.4 Å². The van der Waals surface area contributed by atoms with E-state index in [9.17, 15) is 10.1 Å². The molecule has 8 heteroatoms. The number of nitro benzene ring substituents is 1. The lowest BCUT2D eigenvalue weighted by Gasteiger charge is -2.08. The van der Waals surface area contributed by atoms with Crippen LogP contribution in [0.3, 0.4) is 0 Å². The molecule has 0 aliphatic heterocycles. The summed E-state index contributed by atoms with van der Waals surface area (Å²) in [5, 5.41) is 13.7. The van der Waals surface area contributed by atoms with Crippen molar-refractivity contribution in [2.24, 2.45) is 0 Å². The van der Waals surface area contributed by atoms with E-state index in [0.29, 0.717) is 59.4 Å². The minimum Gasteiger partial charge on any atom is -0.383 e. The van der Waals surface area contributed by atoms with Crippen molar-refractivity contribution in [1.82, 2.24) is 0 Å². The number of nitro groups is 1. The Hall–Kier alpha value is -2.18. The zero-order chi connectivity index (χ0) is 18.2. The normalized spacial score (nSPS) is 10.4. The molecule has 1 aromatic rings. The SMILES string of the molecule is C#CCOCCOCCOCCOCCNc1ccc([N+](=O)[O-])cc1. The molecule has 0 spiro atoms. The molecule has 0 aromatic heterocycles. The molecule has 0 bridgehead atoms. The van der Waals surface area contributed by atoms with E-state index in [1.54, 1.807) is 12.1 Å². The molecule has 1 N–H and O–H groups in total. The van der Waals surface area contributed by atoms with Gasteiger partial charge in [0.2, 0.25) is 0 Å². The number of non-ortho nitro benzene ring substituents is 1. The molecule has 0 saturated carbocycles. The van der Waals surface area contributed by atoms with Crippen LogP contribution < -0.4 is 5.32 Å². The predicted molar refractivity (Wildman–Crippen MR) is 93.7 cm³/mol. The molecule has 25 heavy (non-hydrogen) atoms. The van der Waals surface area contributed by atoms with Crippen LogP contribution in [-0.2, 0) is 18.9 Å². The van der Waals surface area contributed by atoms with Gasteiger partial charge in [-0.1, -0.05) is 5.92 Å². The van der Waals surface area contributed by atoms with E-state index < -0.39 is 4.92 Å². The third kappa shape index (κ3) is 11.1. The highest BCUT2D eigenvalue weighted by Gasteiger charge is 2.03. The fourth-order valence-electron chi connectivity index (χ4n) is 1.76. The molecular formula is C17H24N2O6. The number of hydrogen-bond donors (Lipinski definition) is 1. The van der Waals surface area contributed by atoms with E-state index in [0.717, 1.165) is 5.69 Å². The fourth-order valence-corrected chi connectivity index (χ4v) is 1.76. The van der Waals surface area contributed by atoms with Gasteiger partial charge in [0.15, 0.2) is 0 Å². The largest absolute Gasteiger partial charge is 0.383 e. The molecule has 8 nitrogen and oxygen atoms in total. The highest BCUT2D eigenvalue weighted by atomic mass is 16.6. The summed E-state index contributed by atoms with van der Waals surface area (Å²) in [6.45, 7) is 4.39. The highest BCUT2D eigenvalue weighted by molar-refractivity contribution is 5.48. The van der Waals surface area contributed by atoms with Crippen molar-refractivity contribution < 1.29 is 23.9 Å². The number of rotatable bonds is 15. The minimum absolute atomic E-state index is 0.0722. The van der Waals surface area contributed by atoms with Crippen molar-refractivity contribution in [3.05, 3.63) is 34.4 Å². The number of hydrogen-bond acceptors (Lipinski definition) is 7. The molecule has 0 fully saturated rings. The molecule has 0 aliphatic carbocycles. The van der Waals surface area contributed by atoms with Gasteiger partial charge in [-0.05, 0) is 12.1 Å². The lowest BCUT2D eigenvalue weighted by atomic mass is 10.3. The second kappa shape index (κ2) is 14.2. The van der Waals surface area contributed by atoms with E-state index in [1.807, 2.05) is 0 Å². The third-order valence-electron chi connectivity index (χ3n) is 2.96. The maximum Gasteiger partial charge on any atom is 0.269 e. The van der Waals surface area contributed by atoms with Gasteiger partial charge in [0.25, 0.3) is 5.69 Å². The second-order valence-electron chi connectivity index (χ2n) is 4.82. The Bertz CT molecular complexity index is 515. The van der Waals surface area contributed by atoms with Gasteiger partial charge < -0.3 is 24.3 Å². The summed E-state index contributed by atoms with van der Waals surface area (Å²) in [6, 6.07) is 6.25. The molecule has 0 amide bonds. The molecule has 0 radical (unpaired) electrons. The molecule has 138 valence electrons. The number of nitrogens with zero attached hydrogens (tertiary/aromatic N) is 1. The number of terminal acetylenes is 1. The van der Waals surface area contributed by atoms with E-state index in [1.165, 1.54) is 12.1 Å². The molecule has 0 unspecified atom stereocenters. The smallest absolute Gasteiger partial charge is 0.269 e. The van der Waals surface area contributed by atoms with E-state index in [2.05, 4.69) is 11.2 Å². The Morgan fingerprint density at radius 3 is 1.96 bits per heavy atom. The molecule has 0 heterocycles. The van der Waals surface area contributed by atoms with Crippen molar-refractivity contribution in [3.63, 3.8) is 0 Å². The maximum absolute atomic E-state index is 10.5. The lowest BCUT2D eigenvalue weighted by Crippen LogP contribution is -2.14. The average Bonchev–Trinajstić information content (AvgIpc) is 2.62. The van der Waals surface area contributed by atoms with Crippen LogP contribution in [0.1, 0.15) is 0 Å². The van der Waals surface area contributed by atoms with Crippen LogP contribution in [0, 0.1) is 22.5 Å². The quantitative estimate of drug-likeness (QED) is 0.222. The summed E-state index contributed by atoms with van der Waals surface area (Å²) in [4.78, 5) is 10.1. The van der Waals surface area contributed by atoms with Gasteiger partial charge in [-0.25, -0.2) is 0 Å². The van der Waals surface area contributed by atoms with Crippen molar-refractivity contribution in [2.75, 3.05) is 64.7 Å². The summed E-state index contributed by atoms with van der Waals surface area (Å²) < 4.78 is 21.1. The Morgan fingerprint density at radius 2 is 1.44 bits per heavy atom. The minimum atomic E-state index is -0.426. The van der Waals surface area contributed by atoms with Crippen molar-refractivity contribution in [1.29, 1.82) is 0 Å². The van der Waals surface area contributed by atoms with Gasteiger partial charge in [-0.15, -0.1) is 6.42 Å². The van der Waals surface area contributed by atoms with Gasteiger partial charge >= 0.3 is 0 Å². The van der Waals surface area contributed by atoms with Crippen LogP contribution in [-0.4, -0.2) is 64.3 Å². The standard InChI is InChI=1S/C17H24N2O6/c1-2-8-22-10-12-24-14-15-25-13-11-23-9-7-18-16-3-5-17(6-4-16)19(20)21/h1,3-6,18H,7-15H2. The topological polar surface area (TPSA) is 92.1 Å². The van der Waals surface area contributed by atoms with Crippen LogP contribution in [0.2, 0.25) is 0 Å². The molecular weight excluding hydrogens is 328 g/mol. The zero-order valence-corrected chi connectivity index (χ0v) is 14.1. The number of ether oxygens (including phenoxy) is 4. The van der Waals surface area contributed by atoms with Crippen LogP contribution >= 0.6 is 0 Å². The molecule has 0 atom stereocenters. The van der Waals surface area contributed by atoms with Crippen molar-refractivity contribution in [3.8, 4) is 12.3 Å². The van der Waals surface area contributed by atoms with Crippen LogP contribution in [0.25, 0.3) is 0 Å². The van der Waals surface area contributed by atoms with Crippen LogP contribution in [0.5, 0.6) is 0 Å².